The van der Waals surface area contributed by atoms with Gasteiger partial charge in [0.15, 0.2) is 0 Å². The first-order valence-corrected chi connectivity index (χ1v) is 9.65. The normalized spacial score (nSPS) is 13.5. The summed E-state index contributed by atoms with van der Waals surface area (Å²) >= 11 is 0. The van der Waals surface area contributed by atoms with Gasteiger partial charge in [0, 0.05) is 37.3 Å². The summed E-state index contributed by atoms with van der Waals surface area (Å²) in [6, 6.07) is 14.0. The summed E-state index contributed by atoms with van der Waals surface area (Å²) in [5.74, 6) is -0.265. The van der Waals surface area contributed by atoms with Crippen LogP contribution in [0.25, 0.3) is 0 Å². The SMILES string of the molecule is CCN(CC)C(=O)c1ccc(NC(=O)c2ccccc2N2CCCC2=O)cc1. The van der Waals surface area contributed by atoms with Gasteiger partial charge in [0.2, 0.25) is 5.91 Å². The number of amides is 3. The van der Waals surface area contributed by atoms with E-state index in [-0.39, 0.29) is 17.7 Å². The van der Waals surface area contributed by atoms with Crippen molar-refractivity contribution in [2.24, 2.45) is 0 Å². The molecule has 146 valence electrons. The van der Waals surface area contributed by atoms with Gasteiger partial charge in [0.05, 0.1) is 11.3 Å². The number of rotatable bonds is 6. The number of carbonyl (C=O) groups is 3. The zero-order chi connectivity index (χ0) is 20.1. The molecule has 0 radical (unpaired) electrons. The highest BCUT2D eigenvalue weighted by molar-refractivity contribution is 6.11. The fourth-order valence-corrected chi connectivity index (χ4v) is 3.39. The Balaban J connectivity index is 1.75. The van der Waals surface area contributed by atoms with Gasteiger partial charge in [0.25, 0.3) is 11.8 Å². The quantitative estimate of drug-likeness (QED) is 0.834. The van der Waals surface area contributed by atoms with E-state index in [0.717, 1.165) is 6.42 Å². The van der Waals surface area contributed by atoms with Crippen LogP contribution in [0.3, 0.4) is 0 Å². The van der Waals surface area contributed by atoms with Crippen LogP contribution in [-0.2, 0) is 4.79 Å². The van der Waals surface area contributed by atoms with E-state index in [4.69, 9.17) is 0 Å². The van der Waals surface area contributed by atoms with Crippen molar-refractivity contribution in [2.45, 2.75) is 26.7 Å². The number of anilines is 2. The fourth-order valence-electron chi connectivity index (χ4n) is 3.39. The van der Waals surface area contributed by atoms with Crippen molar-refractivity contribution in [1.82, 2.24) is 4.90 Å². The van der Waals surface area contributed by atoms with Crippen LogP contribution in [0, 0.1) is 0 Å². The Morgan fingerprint density at radius 2 is 1.71 bits per heavy atom. The number of carbonyl (C=O) groups excluding carboxylic acids is 3. The average molecular weight is 379 g/mol. The molecule has 0 bridgehead atoms. The lowest BCUT2D eigenvalue weighted by atomic mass is 10.1. The van der Waals surface area contributed by atoms with Crippen molar-refractivity contribution >= 4 is 29.1 Å². The van der Waals surface area contributed by atoms with E-state index in [1.54, 1.807) is 52.3 Å². The van der Waals surface area contributed by atoms with Gasteiger partial charge in [0.1, 0.15) is 0 Å². The lowest BCUT2D eigenvalue weighted by molar-refractivity contribution is -0.117. The summed E-state index contributed by atoms with van der Waals surface area (Å²) < 4.78 is 0. The predicted molar refractivity (Wildman–Crippen MR) is 110 cm³/mol. The summed E-state index contributed by atoms with van der Waals surface area (Å²) in [4.78, 5) is 40.7. The summed E-state index contributed by atoms with van der Waals surface area (Å²) in [6.45, 7) is 5.82. The van der Waals surface area contributed by atoms with E-state index in [0.29, 0.717) is 48.6 Å². The Kier molecular flexibility index (Phi) is 6.09. The largest absolute Gasteiger partial charge is 0.339 e. The average Bonchev–Trinajstić information content (AvgIpc) is 3.15. The third-order valence-corrected chi connectivity index (χ3v) is 4.95. The van der Waals surface area contributed by atoms with Gasteiger partial charge in [-0.15, -0.1) is 0 Å². The highest BCUT2D eigenvalue weighted by Crippen LogP contribution is 2.26. The minimum Gasteiger partial charge on any atom is -0.339 e. The molecule has 0 atom stereocenters. The van der Waals surface area contributed by atoms with Gasteiger partial charge in [-0.2, -0.15) is 0 Å². The molecule has 1 aliphatic rings. The second-order valence-electron chi connectivity index (χ2n) is 6.67. The third-order valence-electron chi connectivity index (χ3n) is 4.95. The number of nitrogens with one attached hydrogen (secondary N) is 1. The minimum absolute atomic E-state index is 0.0271. The zero-order valence-electron chi connectivity index (χ0n) is 16.3. The summed E-state index contributed by atoms with van der Waals surface area (Å²) in [5, 5.41) is 2.86. The molecule has 1 heterocycles. The van der Waals surface area contributed by atoms with Crippen molar-refractivity contribution in [3.63, 3.8) is 0 Å². The molecule has 1 fully saturated rings. The molecule has 0 spiro atoms. The summed E-state index contributed by atoms with van der Waals surface area (Å²) in [5.41, 5.74) is 2.28. The maximum atomic E-state index is 12.8. The highest BCUT2D eigenvalue weighted by Gasteiger charge is 2.25. The molecule has 0 unspecified atom stereocenters. The lowest BCUT2D eigenvalue weighted by Crippen LogP contribution is -2.30. The molecule has 1 saturated heterocycles. The molecule has 1 N–H and O–H groups in total. The molecule has 0 aliphatic carbocycles. The molecule has 2 aromatic carbocycles. The second kappa shape index (κ2) is 8.69. The molecule has 3 amide bonds. The van der Waals surface area contributed by atoms with E-state index in [1.165, 1.54) is 0 Å². The van der Waals surface area contributed by atoms with Crippen LogP contribution in [0.4, 0.5) is 11.4 Å². The maximum Gasteiger partial charge on any atom is 0.257 e. The standard InChI is InChI=1S/C22H25N3O3/c1-3-24(4-2)22(28)16-11-13-17(14-12-16)23-21(27)18-8-5-6-9-19(18)25-15-7-10-20(25)26/h5-6,8-9,11-14H,3-4,7,10,15H2,1-2H3,(H,23,27). The molecule has 6 nitrogen and oxygen atoms in total. The maximum absolute atomic E-state index is 12.8. The highest BCUT2D eigenvalue weighted by atomic mass is 16.2. The van der Waals surface area contributed by atoms with Crippen molar-refractivity contribution in [1.29, 1.82) is 0 Å². The predicted octanol–water partition coefficient (Wildman–Crippen LogP) is 3.55. The van der Waals surface area contributed by atoms with Crippen LogP contribution in [0.1, 0.15) is 47.4 Å². The summed E-state index contributed by atoms with van der Waals surface area (Å²) in [6.07, 6.45) is 1.31. The second-order valence-corrected chi connectivity index (χ2v) is 6.67. The Bertz CT molecular complexity index is 873. The van der Waals surface area contributed by atoms with Gasteiger partial charge in [-0.3, -0.25) is 14.4 Å². The summed E-state index contributed by atoms with van der Waals surface area (Å²) in [7, 11) is 0. The van der Waals surface area contributed by atoms with Crippen molar-refractivity contribution in [3.8, 4) is 0 Å². The minimum atomic E-state index is -0.280. The van der Waals surface area contributed by atoms with E-state index in [1.807, 2.05) is 19.9 Å². The molecular weight excluding hydrogens is 354 g/mol. The lowest BCUT2D eigenvalue weighted by Gasteiger charge is -2.20. The van der Waals surface area contributed by atoms with Gasteiger partial charge < -0.3 is 15.1 Å². The molecule has 2 aromatic rings. The van der Waals surface area contributed by atoms with E-state index < -0.39 is 0 Å². The van der Waals surface area contributed by atoms with E-state index in [2.05, 4.69) is 5.32 Å². The zero-order valence-corrected chi connectivity index (χ0v) is 16.3. The van der Waals surface area contributed by atoms with Crippen LogP contribution in [0.5, 0.6) is 0 Å². The monoisotopic (exact) mass is 379 g/mol. The van der Waals surface area contributed by atoms with Gasteiger partial charge >= 0.3 is 0 Å². The van der Waals surface area contributed by atoms with Gasteiger partial charge in [-0.25, -0.2) is 0 Å². The Morgan fingerprint density at radius 3 is 2.32 bits per heavy atom. The van der Waals surface area contributed by atoms with Crippen LogP contribution >= 0.6 is 0 Å². The number of benzene rings is 2. The third kappa shape index (κ3) is 4.06. The van der Waals surface area contributed by atoms with Crippen LogP contribution in [0.15, 0.2) is 48.5 Å². The van der Waals surface area contributed by atoms with Crippen molar-refractivity contribution < 1.29 is 14.4 Å². The van der Waals surface area contributed by atoms with Crippen LogP contribution in [0.2, 0.25) is 0 Å². The Hall–Kier alpha value is -3.15. The van der Waals surface area contributed by atoms with Gasteiger partial charge in [-0.1, -0.05) is 12.1 Å². The fraction of sp³-hybridized carbons (Fsp3) is 0.318. The molecule has 3 rings (SSSR count). The molecule has 28 heavy (non-hydrogen) atoms. The van der Waals surface area contributed by atoms with Crippen LogP contribution in [-0.4, -0.2) is 42.3 Å². The molecule has 0 aromatic heterocycles. The topological polar surface area (TPSA) is 69.7 Å². The van der Waals surface area contributed by atoms with Crippen LogP contribution < -0.4 is 10.2 Å². The van der Waals surface area contributed by atoms with E-state index in [9.17, 15) is 14.4 Å². The first kappa shape index (κ1) is 19.6. The number of para-hydroxylation sites is 1. The Morgan fingerprint density at radius 1 is 1.04 bits per heavy atom. The molecule has 6 heteroatoms. The first-order chi connectivity index (χ1) is 13.5. The number of hydrogen-bond acceptors (Lipinski definition) is 3. The smallest absolute Gasteiger partial charge is 0.257 e. The Labute approximate surface area is 165 Å². The first-order valence-electron chi connectivity index (χ1n) is 9.65. The molecular formula is C22H25N3O3. The number of hydrogen-bond donors (Lipinski definition) is 1. The van der Waals surface area contributed by atoms with Crippen molar-refractivity contribution in [2.75, 3.05) is 29.9 Å². The van der Waals surface area contributed by atoms with Crippen molar-refractivity contribution in [3.05, 3.63) is 59.7 Å². The van der Waals surface area contributed by atoms with Gasteiger partial charge in [-0.05, 0) is 56.7 Å². The molecule has 1 aliphatic heterocycles. The number of nitrogens with zero attached hydrogens (tertiary/aromatic N) is 2. The van der Waals surface area contributed by atoms with E-state index >= 15 is 0 Å². The molecule has 0 saturated carbocycles.